The van der Waals surface area contributed by atoms with E-state index in [0.717, 1.165) is 29.8 Å². The normalized spacial score (nSPS) is 34.9. The molecule has 14 heavy (non-hydrogen) atoms. The third-order valence-electron chi connectivity index (χ3n) is 3.35. The van der Waals surface area contributed by atoms with E-state index >= 15 is 0 Å². The summed E-state index contributed by atoms with van der Waals surface area (Å²) in [6.07, 6.45) is 6.69. The Hall–Kier alpha value is 0.270. The second-order valence-corrected chi connectivity index (χ2v) is 5.97. The monoisotopic (exact) mass is 215 g/mol. The molecular weight excluding hydrogens is 194 g/mol. The molecule has 2 fully saturated rings. The van der Waals surface area contributed by atoms with Crippen LogP contribution in [0.4, 0.5) is 0 Å². The summed E-state index contributed by atoms with van der Waals surface area (Å²) in [6.45, 7) is 1.97. The van der Waals surface area contributed by atoms with E-state index in [1.54, 1.807) is 0 Å². The number of hydrogen-bond acceptors (Lipinski definition) is 3. The first-order valence-electron chi connectivity index (χ1n) is 5.79. The topological polar surface area (TPSA) is 21.3 Å². The van der Waals surface area contributed by atoms with Crippen LogP contribution < -0.4 is 5.32 Å². The number of nitrogens with one attached hydrogen (secondary N) is 1. The van der Waals surface area contributed by atoms with Gasteiger partial charge in [-0.1, -0.05) is 0 Å². The highest BCUT2D eigenvalue weighted by Gasteiger charge is 2.27. The summed E-state index contributed by atoms with van der Waals surface area (Å²) >= 11 is 2.23. The van der Waals surface area contributed by atoms with Crippen molar-refractivity contribution in [3.05, 3.63) is 0 Å². The third kappa shape index (κ3) is 2.88. The zero-order valence-electron chi connectivity index (χ0n) is 9.00. The van der Waals surface area contributed by atoms with Crippen molar-refractivity contribution >= 4 is 11.8 Å². The molecule has 2 rings (SSSR count). The maximum atomic E-state index is 5.38. The van der Waals surface area contributed by atoms with Gasteiger partial charge in [0.2, 0.25) is 0 Å². The standard InChI is InChI=1S/C11H21NOS/c1-12-9-2-3-11(8-9)14-10-4-6-13-7-5-10/h9-12H,2-8H2,1H3. The van der Waals surface area contributed by atoms with Crippen LogP contribution in [0.1, 0.15) is 32.1 Å². The molecule has 0 aromatic heterocycles. The summed E-state index contributed by atoms with van der Waals surface area (Å²) in [7, 11) is 2.09. The van der Waals surface area contributed by atoms with Crippen molar-refractivity contribution in [2.75, 3.05) is 20.3 Å². The molecule has 0 spiro atoms. The highest BCUT2D eigenvalue weighted by atomic mass is 32.2. The van der Waals surface area contributed by atoms with Crippen LogP contribution in [0.25, 0.3) is 0 Å². The molecule has 1 aliphatic carbocycles. The SMILES string of the molecule is CNC1CCC(SC2CCOCC2)C1. The Morgan fingerprint density at radius 1 is 1.07 bits per heavy atom. The maximum absolute atomic E-state index is 5.38. The molecule has 2 atom stereocenters. The molecule has 0 aromatic carbocycles. The van der Waals surface area contributed by atoms with Crippen LogP contribution in [0, 0.1) is 0 Å². The van der Waals surface area contributed by atoms with Crippen molar-refractivity contribution in [1.82, 2.24) is 5.32 Å². The van der Waals surface area contributed by atoms with Crippen LogP contribution >= 0.6 is 11.8 Å². The van der Waals surface area contributed by atoms with Gasteiger partial charge in [0.05, 0.1) is 0 Å². The van der Waals surface area contributed by atoms with Gasteiger partial charge >= 0.3 is 0 Å². The zero-order valence-corrected chi connectivity index (χ0v) is 9.81. The average Bonchev–Trinajstić information content (AvgIpc) is 2.67. The minimum Gasteiger partial charge on any atom is -0.381 e. The van der Waals surface area contributed by atoms with Gasteiger partial charge in [-0.15, -0.1) is 0 Å². The molecule has 0 aromatic rings. The first-order chi connectivity index (χ1) is 6.88. The number of hydrogen-bond donors (Lipinski definition) is 1. The minimum absolute atomic E-state index is 0.785. The zero-order chi connectivity index (χ0) is 9.80. The van der Waals surface area contributed by atoms with E-state index in [-0.39, 0.29) is 0 Å². The maximum Gasteiger partial charge on any atom is 0.0476 e. The van der Waals surface area contributed by atoms with Crippen LogP contribution in [0.5, 0.6) is 0 Å². The van der Waals surface area contributed by atoms with Crippen molar-refractivity contribution in [3.8, 4) is 0 Å². The largest absolute Gasteiger partial charge is 0.381 e. The molecule has 82 valence electrons. The van der Waals surface area contributed by atoms with Gasteiger partial charge in [-0.25, -0.2) is 0 Å². The molecule has 1 saturated carbocycles. The number of thioether (sulfide) groups is 1. The summed E-state index contributed by atoms with van der Waals surface area (Å²) in [6, 6.07) is 0.785. The average molecular weight is 215 g/mol. The van der Waals surface area contributed by atoms with Gasteiger partial charge in [-0.3, -0.25) is 0 Å². The summed E-state index contributed by atoms with van der Waals surface area (Å²) in [5.74, 6) is 0. The van der Waals surface area contributed by atoms with E-state index < -0.39 is 0 Å². The molecular formula is C11H21NOS. The number of rotatable bonds is 3. The summed E-state index contributed by atoms with van der Waals surface area (Å²) in [4.78, 5) is 0. The lowest BCUT2D eigenvalue weighted by atomic mass is 10.2. The van der Waals surface area contributed by atoms with Gasteiger partial charge in [-0.05, 0) is 39.2 Å². The Morgan fingerprint density at radius 2 is 1.86 bits per heavy atom. The predicted molar refractivity (Wildman–Crippen MR) is 61.9 cm³/mol. The fraction of sp³-hybridized carbons (Fsp3) is 1.00. The third-order valence-corrected chi connectivity index (χ3v) is 5.02. The van der Waals surface area contributed by atoms with Gasteiger partial charge < -0.3 is 10.1 Å². The molecule has 2 aliphatic rings. The lowest BCUT2D eigenvalue weighted by Crippen LogP contribution is -2.23. The molecule has 1 heterocycles. The van der Waals surface area contributed by atoms with Gasteiger partial charge in [0.15, 0.2) is 0 Å². The van der Waals surface area contributed by atoms with E-state index in [4.69, 9.17) is 4.74 Å². The quantitative estimate of drug-likeness (QED) is 0.778. The molecule has 0 radical (unpaired) electrons. The van der Waals surface area contributed by atoms with Gasteiger partial charge in [-0.2, -0.15) is 11.8 Å². The van der Waals surface area contributed by atoms with Gasteiger partial charge in [0.1, 0.15) is 0 Å². The van der Waals surface area contributed by atoms with Crippen LogP contribution in [0.3, 0.4) is 0 Å². The van der Waals surface area contributed by atoms with Crippen molar-refractivity contribution in [3.63, 3.8) is 0 Å². The Balaban J connectivity index is 1.69. The lowest BCUT2D eigenvalue weighted by Gasteiger charge is -2.24. The van der Waals surface area contributed by atoms with Crippen molar-refractivity contribution < 1.29 is 4.74 Å². The molecule has 0 bridgehead atoms. The molecule has 3 heteroatoms. The summed E-state index contributed by atoms with van der Waals surface area (Å²) in [5, 5.41) is 5.18. The Labute approximate surface area is 91.2 Å². The molecule has 1 saturated heterocycles. The molecule has 1 aliphatic heterocycles. The highest BCUT2D eigenvalue weighted by molar-refractivity contribution is 8.00. The summed E-state index contributed by atoms with van der Waals surface area (Å²) in [5.41, 5.74) is 0. The second-order valence-electron chi connectivity index (χ2n) is 4.37. The molecule has 1 N–H and O–H groups in total. The van der Waals surface area contributed by atoms with E-state index in [1.807, 2.05) is 0 Å². The lowest BCUT2D eigenvalue weighted by molar-refractivity contribution is 0.0999. The second kappa shape index (κ2) is 5.38. The van der Waals surface area contributed by atoms with Crippen LogP contribution in [-0.4, -0.2) is 36.8 Å². The van der Waals surface area contributed by atoms with E-state index in [1.165, 1.54) is 32.1 Å². The summed E-state index contributed by atoms with van der Waals surface area (Å²) < 4.78 is 5.38. The first kappa shape index (κ1) is 10.8. The Bertz CT molecular complexity index is 171. The van der Waals surface area contributed by atoms with E-state index in [0.29, 0.717) is 0 Å². The first-order valence-corrected chi connectivity index (χ1v) is 6.73. The minimum atomic E-state index is 0.785. The fourth-order valence-electron chi connectivity index (χ4n) is 2.41. The van der Waals surface area contributed by atoms with E-state index in [2.05, 4.69) is 24.1 Å². The van der Waals surface area contributed by atoms with Crippen molar-refractivity contribution in [2.45, 2.75) is 48.6 Å². The molecule has 2 nitrogen and oxygen atoms in total. The smallest absolute Gasteiger partial charge is 0.0476 e. The Morgan fingerprint density at radius 3 is 2.50 bits per heavy atom. The Kier molecular flexibility index (Phi) is 4.14. The molecule has 2 unspecified atom stereocenters. The molecule has 0 amide bonds. The van der Waals surface area contributed by atoms with Gasteiger partial charge in [0.25, 0.3) is 0 Å². The predicted octanol–water partition coefficient (Wildman–Crippen LogP) is 2.04. The van der Waals surface area contributed by atoms with Crippen molar-refractivity contribution in [2.24, 2.45) is 0 Å². The fourth-order valence-corrected chi connectivity index (χ4v) is 4.03. The van der Waals surface area contributed by atoms with Crippen LogP contribution in [0.15, 0.2) is 0 Å². The highest BCUT2D eigenvalue weighted by Crippen LogP contribution is 2.35. The van der Waals surface area contributed by atoms with Gasteiger partial charge in [0, 0.05) is 29.8 Å². The van der Waals surface area contributed by atoms with E-state index in [9.17, 15) is 0 Å². The number of ether oxygens (including phenoxy) is 1. The van der Waals surface area contributed by atoms with Crippen LogP contribution in [0.2, 0.25) is 0 Å². The van der Waals surface area contributed by atoms with Crippen molar-refractivity contribution in [1.29, 1.82) is 0 Å². The van der Waals surface area contributed by atoms with Crippen LogP contribution in [-0.2, 0) is 4.74 Å².